The summed E-state index contributed by atoms with van der Waals surface area (Å²) in [4.78, 5) is 30.3. The highest BCUT2D eigenvalue weighted by molar-refractivity contribution is 6.33. The molecule has 0 aliphatic carbocycles. The smallest absolute Gasteiger partial charge is 0.339 e. The Hall–Kier alpha value is -3.50. The van der Waals surface area contributed by atoms with Crippen molar-refractivity contribution in [3.05, 3.63) is 101 Å². The monoisotopic (exact) mass is 415 g/mol. The van der Waals surface area contributed by atoms with E-state index in [0.29, 0.717) is 38.3 Å². The van der Waals surface area contributed by atoms with Crippen LogP contribution in [-0.4, -0.2) is 22.8 Å². The van der Waals surface area contributed by atoms with E-state index in [1.807, 2.05) is 42.5 Å². The molecule has 0 spiro atoms. The number of halogens is 1. The number of para-hydroxylation sites is 1. The van der Waals surface area contributed by atoms with Gasteiger partial charge in [-0.2, -0.15) is 0 Å². The van der Waals surface area contributed by atoms with E-state index >= 15 is 0 Å². The maximum atomic E-state index is 13.0. The summed E-state index contributed by atoms with van der Waals surface area (Å²) in [5.74, 6) is -0.840. The largest absolute Gasteiger partial charge is 0.451 e. The highest BCUT2D eigenvalue weighted by Gasteiger charge is 2.22. The molecule has 3 aromatic carbocycles. The lowest BCUT2D eigenvalue weighted by atomic mass is 10.0. The Morgan fingerprint density at radius 3 is 2.33 bits per heavy atom. The summed E-state index contributed by atoms with van der Waals surface area (Å²) in [6.45, 7) is 1.57. The highest BCUT2D eigenvalue weighted by Crippen LogP contribution is 2.30. The number of Topliss-reactive ketones (excluding diaryl/α,β-unsaturated/α-hetero) is 1. The molecule has 0 aliphatic rings. The molecule has 148 valence electrons. The molecular weight excluding hydrogens is 398 g/mol. The number of hydrogen-bond acceptors (Lipinski definition) is 4. The number of nitrogens with zero attached hydrogens (tertiary/aromatic N) is 1. The number of rotatable bonds is 5. The van der Waals surface area contributed by atoms with Crippen molar-refractivity contribution in [1.82, 2.24) is 4.98 Å². The zero-order chi connectivity index (χ0) is 21.1. The average molecular weight is 416 g/mol. The van der Waals surface area contributed by atoms with Crippen molar-refractivity contribution in [3.63, 3.8) is 0 Å². The lowest BCUT2D eigenvalue weighted by molar-refractivity contribution is 0.0320. The molecule has 5 heteroatoms. The molecule has 0 aliphatic heterocycles. The summed E-state index contributed by atoms with van der Waals surface area (Å²) in [7, 11) is 0. The molecule has 0 saturated heterocycles. The first-order valence-electron chi connectivity index (χ1n) is 9.49. The third kappa shape index (κ3) is 3.95. The Labute approximate surface area is 179 Å². The Morgan fingerprint density at radius 2 is 1.57 bits per heavy atom. The third-order valence-electron chi connectivity index (χ3n) is 4.80. The van der Waals surface area contributed by atoms with Crippen LogP contribution in [0, 0.1) is 0 Å². The number of fused-ring (bicyclic) bond motifs is 1. The molecule has 0 N–H and O–H groups in total. The van der Waals surface area contributed by atoms with Crippen molar-refractivity contribution in [2.75, 3.05) is 0 Å². The van der Waals surface area contributed by atoms with Crippen LogP contribution in [0.3, 0.4) is 0 Å². The van der Waals surface area contributed by atoms with Crippen LogP contribution >= 0.6 is 11.6 Å². The van der Waals surface area contributed by atoms with E-state index < -0.39 is 12.1 Å². The summed E-state index contributed by atoms with van der Waals surface area (Å²) in [5, 5.41) is 1.19. The van der Waals surface area contributed by atoms with E-state index in [1.165, 1.54) is 0 Å². The number of ketones is 1. The van der Waals surface area contributed by atoms with Gasteiger partial charge in [0.1, 0.15) is 0 Å². The Kier molecular flexibility index (Phi) is 5.59. The molecule has 4 nitrogen and oxygen atoms in total. The lowest BCUT2D eigenvalue weighted by Gasteiger charge is -2.14. The molecule has 30 heavy (non-hydrogen) atoms. The van der Waals surface area contributed by atoms with E-state index in [0.717, 1.165) is 0 Å². The number of hydrogen-bond donors (Lipinski definition) is 0. The van der Waals surface area contributed by atoms with Gasteiger partial charge in [-0.25, -0.2) is 9.78 Å². The highest BCUT2D eigenvalue weighted by atomic mass is 35.5. The molecule has 1 atom stereocenters. The Bertz CT molecular complexity index is 1240. The average Bonchev–Trinajstić information content (AvgIpc) is 2.78. The molecule has 1 unspecified atom stereocenters. The van der Waals surface area contributed by atoms with Gasteiger partial charge in [0.25, 0.3) is 0 Å². The minimum Gasteiger partial charge on any atom is -0.451 e. The SMILES string of the molecule is CC(OC(=O)c1cc(-c2ccccc2Cl)nc2ccccc12)C(=O)c1ccccc1. The van der Waals surface area contributed by atoms with Gasteiger partial charge in [-0.1, -0.05) is 78.3 Å². The minimum atomic E-state index is -0.921. The second-order valence-corrected chi connectivity index (χ2v) is 7.24. The quantitative estimate of drug-likeness (QED) is 0.297. The van der Waals surface area contributed by atoms with Gasteiger partial charge < -0.3 is 4.74 Å². The number of pyridine rings is 1. The molecule has 0 saturated carbocycles. The van der Waals surface area contributed by atoms with Crippen LogP contribution in [0.5, 0.6) is 0 Å². The van der Waals surface area contributed by atoms with E-state index in [1.54, 1.807) is 49.4 Å². The molecule has 0 fully saturated rings. The van der Waals surface area contributed by atoms with E-state index in [4.69, 9.17) is 16.3 Å². The van der Waals surface area contributed by atoms with Crippen LogP contribution in [0.2, 0.25) is 5.02 Å². The predicted molar refractivity (Wildman–Crippen MR) is 118 cm³/mol. The van der Waals surface area contributed by atoms with Crippen molar-refractivity contribution in [1.29, 1.82) is 0 Å². The number of aromatic nitrogens is 1. The molecular formula is C25H18ClNO3. The fourth-order valence-electron chi connectivity index (χ4n) is 3.27. The lowest BCUT2D eigenvalue weighted by Crippen LogP contribution is -2.24. The van der Waals surface area contributed by atoms with Gasteiger partial charge in [0.15, 0.2) is 6.10 Å². The number of ether oxygens (including phenoxy) is 1. The van der Waals surface area contributed by atoms with Gasteiger partial charge in [0.05, 0.1) is 16.8 Å². The van der Waals surface area contributed by atoms with Crippen molar-refractivity contribution < 1.29 is 14.3 Å². The van der Waals surface area contributed by atoms with Crippen molar-refractivity contribution in [2.24, 2.45) is 0 Å². The number of carbonyl (C=O) groups is 2. The summed E-state index contributed by atoms with van der Waals surface area (Å²) in [5.41, 5.74) is 2.75. The Morgan fingerprint density at radius 1 is 0.900 bits per heavy atom. The van der Waals surface area contributed by atoms with Gasteiger partial charge in [0, 0.05) is 21.5 Å². The summed E-state index contributed by atoms with van der Waals surface area (Å²) < 4.78 is 5.53. The van der Waals surface area contributed by atoms with Gasteiger partial charge in [0.2, 0.25) is 5.78 Å². The van der Waals surface area contributed by atoms with Gasteiger partial charge >= 0.3 is 5.97 Å². The molecule has 4 rings (SSSR count). The molecule has 0 radical (unpaired) electrons. The summed E-state index contributed by atoms with van der Waals surface area (Å²) >= 11 is 6.33. The third-order valence-corrected chi connectivity index (χ3v) is 5.13. The zero-order valence-corrected chi connectivity index (χ0v) is 17.0. The first-order valence-corrected chi connectivity index (χ1v) is 9.87. The van der Waals surface area contributed by atoms with Crippen molar-refractivity contribution >= 4 is 34.3 Å². The fraction of sp³-hybridized carbons (Fsp3) is 0.0800. The summed E-state index contributed by atoms with van der Waals surface area (Å²) in [6.07, 6.45) is -0.921. The topological polar surface area (TPSA) is 56.3 Å². The van der Waals surface area contributed by atoms with Gasteiger partial charge in [-0.15, -0.1) is 0 Å². The van der Waals surface area contributed by atoms with Crippen LogP contribution in [0.25, 0.3) is 22.2 Å². The van der Waals surface area contributed by atoms with Crippen LogP contribution in [-0.2, 0) is 4.74 Å². The maximum Gasteiger partial charge on any atom is 0.339 e. The second kappa shape index (κ2) is 8.47. The molecule has 1 heterocycles. The first kappa shape index (κ1) is 19.8. The van der Waals surface area contributed by atoms with Crippen LogP contribution in [0.15, 0.2) is 84.9 Å². The molecule has 0 amide bonds. The number of carbonyl (C=O) groups excluding carboxylic acids is 2. The maximum absolute atomic E-state index is 13.0. The minimum absolute atomic E-state index is 0.256. The van der Waals surface area contributed by atoms with Gasteiger partial charge in [-0.05, 0) is 25.1 Å². The molecule has 1 aromatic heterocycles. The predicted octanol–water partition coefficient (Wildman–Crippen LogP) is 5.98. The molecule has 4 aromatic rings. The first-order chi connectivity index (χ1) is 14.5. The van der Waals surface area contributed by atoms with Crippen molar-refractivity contribution in [2.45, 2.75) is 13.0 Å². The van der Waals surface area contributed by atoms with E-state index in [-0.39, 0.29) is 5.78 Å². The zero-order valence-electron chi connectivity index (χ0n) is 16.2. The number of esters is 1. The number of benzene rings is 3. The van der Waals surface area contributed by atoms with Gasteiger partial charge in [-0.3, -0.25) is 4.79 Å². The van der Waals surface area contributed by atoms with E-state index in [9.17, 15) is 9.59 Å². The van der Waals surface area contributed by atoms with Crippen LogP contribution in [0.1, 0.15) is 27.6 Å². The Balaban J connectivity index is 1.71. The van der Waals surface area contributed by atoms with E-state index in [2.05, 4.69) is 4.98 Å². The fourth-order valence-corrected chi connectivity index (χ4v) is 3.50. The standard InChI is InChI=1S/C25H18ClNO3/c1-16(24(28)17-9-3-2-4-10-17)30-25(29)20-15-23(19-12-5-7-13-21(19)26)27-22-14-8-6-11-18(20)22/h2-16H,1H3. The van der Waals surface area contributed by atoms with Crippen molar-refractivity contribution in [3.8, 4) is 11.3 Å². The van der Waals surface area contributed by atoms with Crippen LogP contribution in [0.4, 0.5) is 0 Å². The second-order valence-electron chi connectivity index (χ2n) is 6.83. The van der Waals surface area contributed by atoms with Crippen LogP contribution < -0.4 is 0 Å². The normalized spacial score (nSPS) is 11.8. The molecule has 0 bridgehead atoms. The summed E-state index contributed by atoms with van der Waals surface area (Å²) in [6, 6.07) is 25.0.